The molecule has 2 N–H and O–H groups in total. The van der Waals surface area contributed by atoms with Crippen molar-refractivity contribution in [2.24, 2.45) is 0 Å². The molecule has 1 aliphatic rings. The molecule has 4 nitrogen and oxygen atoms in total. The Balaban J connectivity index is 0.00000264. The van der Waals surface area contributed by atoms with Crippen molar-refractivity contribution in [2.75, 3.05) is 19.7 Å². The lowest BCUT2D eigenvalue weighted by Crippen LogP contribution is -2.42. The van der Waals surface area contributed by atoms with E-state index in [1.165, 1.54) is 5.56 Å². The van der Waals surface area contributed by atoms with Gasteiger partial charge in [-0.3, -0.25) is 4.79 Å². The summed E-state index contributed by atoms with van der Waals surface area (Å²) in [5, 5.41) is 6.43. The monoisotopic (exact) mass is 340 g/mol. The number of amides is 1. The number of aryl methyl sites for hydroxylation is 2. The first-order valence-electron chi connectivity index (χ1n) is 8.35. The molecule has 0 aromatic heterocycles. The van der Waals surface area contributed by atoms with E-state index >= 15 is 0 Å². The molecule has 0 radical (unpaired) electrons. The van der Waals surface area contributed by atoms with Crippen LogP contribution in [0.2, 0.25) is 0 Å². The van der Waals surface area contributed by atoms with Crippen LogP contribution in [-0.2, 0) is 4.79 Å². The van der Waals surface area contributed by atoms with Gasteiger partial charge in [0.05, 0.1) is 6.61 Å². The highest BCUT2D eigenvalue weighted by atomic mass is 35.5. The normalized spacial score (nSPS) is 14.9. The highest BCUT2D eigenvalue weighted by Crippen LogP contribution is 2.19. The zero-order chi connectivity index (χ0) is 15.8. The Morgan fingerprint density at radius 1 is 1.26 bits per heavy atom. The quantitative estimate of drug-likeness (QED) is 0.750. The van der Waals surface area contributed by atoms with E-state index in [0.29, 0.717) is 19.1 Å². The van der Waals surface area contributed by atoms with E-state index in [-0.39, 0.29) is 18.3 Å². The lowest BCUT2D eigenvalue weighted by molar-refractivity contribution is -0.122. The van der Waals surface area contributed by atoms with Crippen molar-refractivity contribution < 1.29 is 9.53 Å². The topological polar surface area (TPSA) is 50.4 Å². The van der Waals surface area contributed by atoms with Crippen molar-refractivity contribution in [1.82, 2.24) is 10.6 Å². The predicted molar refractivity (Wildman–Crippen MR) is 96.5 cm³/mol. The van der Waals surface area contributed by atoms with Crippen LogP contribution in [0.4, 0.5) is 0 Å². The van der Waals surface area contributed by atoms with Crippen LogP contribution in [0.1, 0.15) is 43.2 Å². The van der Waals surface area contributed by atoms with Crippen molar-refractivity contribution in [3.05, 3.63) is 29.3 Å². The fraction of sp³-hybridized carbons (Fsp3) is 0.611. The molecule has 0 aliphatic carbocycles. The lowest BCUT2D eigenvalue weighted by Gasteiger charge is -2.23. The van der Waals surface area contributed by atoms with Crippen LogP contribution < -0.4 is 15.4 Å². The van der Waals surface area contributed by atoms with Crippen LogP contribution in [0.5, 0.6) is 5.75 Å². The minimum atomic E-state index is 0. The average Bonchev–Trinajstić information content (AvgIpc) is 2.51. The van der Waals surface area contributed by atoms with E-state index in [0.717, 1.165) is 50.1 Å². The van der Waals surface area contributed by atoms with Gasteiger partial charge in [0, 0.05) is 12.5 Å². The summed E-state index contributed by atoms with van der Waals surface area (Å²) in [6.45, 7) is 6.81. The second-order valence-electron chi connectivity index (χ2n) is 6.17. The summed E-state index contributed by atoms with van der Waals surface area (Å²) < 4.78 is 5.81. The molecule has 0 unspecified atom stereocenters. The van der Waals surface area contributed by atoms with Gasteiger partial charge in [-0.1, -0.05) is 12.1 Å². The molecule has 1 aliphatic heterocycles. The molecule has 23 heavy (non-hydrogen) atoms. The molecule has 0 atom stereocenters. The minimum absolute atomic E-state index is 0. The van der Waals surface area contributed by atoms with Crippen LogP contribution >= 0.6 is 12.4 Å². The largest absolute Gasteiger partial charge is 0.493 e. The molecular weight excluding hydrogens is 312 g/mol. The number of nitrogens with one attached hydrogen (secondary N) is 2. The summed E-state index contributed by atoms with van der Waals surface area (Å²) in [6, 6.07) is 6.60. The van der Waals surface area contributed by atoms with Gasteiger partial charge in [0.2, 0.25) is 5.91 Å². The van der Waals surface area contributed by atoms with Gasteiger partial charge >= 0.3 is 0 Å². The van der Waals surface area contributed by atoms with Gasteiger partial charge in [-0.05, 0) is 69.8 Å². The zero-order valence-corrected chi connectivity index (χ0v) is 15.0. The van der Waals surface area contributed by atoms with E-state index in [1.807, 2.05) is 0 Å². The maximum absolute atomic E-state index is 11.9. The van der Waals surface area contributed by atoms with Crippen molar-refractivity contribution in [3.63, 3.8) is 0 Å². The van der Waals surface area contributed by atoms with Gasteiger partial charge in [0.1, 0.15) is 5.75 Å². The Kier molecular flexibility index (Phi) is 9.03. The third-order valence-electron chi connectivity index (χ3n) is 4.10. The van der Waals surface area contributed by atoms with Crippen LogP contribution in [0.15, 0.2) is 18.2 Å². The molecule has 1 fully saturated rings. The average molecular weight is 341 g/mol. The Morgan fingerprint density at radius 2 is 2.00 bits per heavy atom. The number of benzene rings is 1. The number of rotatable bonds is 7. The molecule has 1 amide bonds. The second kappa shape index (κ2) is 10.5. The molecule has 1 saturated heterocycles. The van der Waals surface area contributed by atoms with Crippen molar-refractivity contribution in [1.29, 1.82) is 0 Å². The summed E-state index contributed by atoms with van der Waals surface area (Å²) in [7, 11) is 0. The maximum atomic E-state index is 11.9. The van der Waals surface area contributed by atoms with Gasteiger partial charge in [-0.25, -0.2) is 0 Å². The standard InChI is InChI=1S/C18H28N2O2.ClH/c1-14-6-7-15(2)17(13-14)22-12-4-3-5-18(21)20-16-8-10-19-11-9-16;/h6-7,13,16,19H,3-5,8-12H2,1-2H3,(H,20,21);1H. The molecule has 1 aromatic rings. The van der Waals surface area contributed by atoms with Gasteiger partial charge in [0.15, 0.2) is 0 Å². The van der Waals surface area contributed by atoms with E-state index in [2.05, 4.69) is 42.7 Å². The number of halogens is 1. The number of hydrogen-bond acceptors (Lipinski definition) is 3. The first-order chi connectivity index (χ1) is 10.6. The Morgan fingerprint density at radius 3 is 2.74 bits per heavy atom. The predicted octanol–water partition coefficient (Wildman–Crippen LogP) is 3.14. The number of hydrogen-bond donors (Lipinski definition) is 2. The number of piperidine rings is 1. The fourth-order valence-electron chi connectivity index (χ4n) is 2.70. The van der Waals surface area contributed by atoms with Crippen molar-refractivity contribution in [2.45, 2.75) is 52.0 Å². The summed E-state index contributed by atoms with van der Waals surface area (Å²) in [4.78, 5) is 11.9. The second-order valence-corrected chi connectivity index (χ2v) is 6.17. The third kappa shape index (κ3) is 7.23. The Bertz CT molecular complexity index is 488. The Labute approximate surface area is 145 Å². The minimum Gasteiger partial charge on any atom is -0.493 e. The van der Waals surface area contributed by atoms with Gasteiger partial charge < -0.3 is 15.4 Å². The molecule has 1 heterocycles. The summed E-state index contributed by atoms with van der Waals surface area (Å²) in [5.74, 6) is 1.14. The highest BCUT2D eigenvalue weighted by molar-refractivity contribution is 5.85. The van der Waals surface area contributed by atoms with Crippen LogP contribution in [0.25, 0.3) is 0 Å². The van der Waals surface area contributed by atoms with Crippen molar-refractivity contribution in [3.8, 4) is 5.75 Å². The van der Waals surface area contributed by atoms with Gasteiger partial charge in [-0.2, -0.15) is 0 Å². The van der Waals surface area contributed by atoms with Crippen molar-refractivity contribution >= 4 is 18.3 Å². The molecule has 0 spiro atoms. The van der Waals surface area contributed by atoms with Gasteiger partial charge in [-0.15, -0.1) is 12.4 Å². The lowest BCUT2D eigenvalue weighted by atomic mass is 10.1. The molecule has 130 valence electrons. The molecule has 5 heteroatoms. The van der Waals surface area contributed by atoms with Gasteiger partial charge in [0.25, 0.3) is 0 Å². The first-order valence-corrected chi connectivity index (χ1v) is 8.35. The zero-order valence-electron chi connectivity index (χ0n) is 14.2. The maximum Gasteiger partial charge on any atom is 0.220 e. The van der Waals surface area contributed by atoms with Crippen LogP contribution in [-0.4, -0.2) is 31.6 Å². The third-order valence-corrected chi connectivity index (χ3v) is 4.10. The van der Waals surface area contributed by atoms with Crippen LogP contribution in [0, 0.1) is 13.8 Å². The summed E-state index contributed by atoms with van der Waals surface area (Å²) in [6.07, 6.45) is 4.47. The molecule has 0 bridgehead atoms. The molecular formula is C18H29ClN2O2. The molecule has 0 saturated carbocycles. The fourth-order valence-corrected chi connectivity index (χ4v) is 2.70. The Hall–Kier alpha value is -1.26. The summed E-state index contributed by atoms with van der Waals surface area (Å²) in [5.41, 5.74) is 2.37. The molecule has 1 aromatic carbocycles. The highest BCUT2D eigenvalue weighted by Gasteiger charge is 2.14. The van der Waals surface area contributed by atoms with E-state index in [9.17, 15) is 4.79 Å². The number of unbranched alkanes of at least 4 members (excludes halogenated alkanes) is 1. The smallest absolute Gasteiger partial charge is 0.220 e. The summed E-state index contributed by atoms with van der Waals surface area (Å²) >= 11 is 0. The van der Waals surface area contributed by atoms with Crippen LogP contribution in [0.3, 0.4) is 0 Å². The number of carbonyl (C=O) groups excluding carboxylic acids is 1. The van der Waals surface area contributed by atoms with E-state index < -0.39 is 0 Å². The van der Waals surface area contributed by atoms with E-state index in [4.69, 9.17) is 4.74 Å². The van der Waals surface area contributed by atoms with E-state index in [1.54, 1.807) is 0 Å². The molecule has 2 rings (SSSR count). The number of ether oxygens (including phenoxy) is 1. The first kappa shape index (κ1) is 19.8. The SMILES string of the molecule is Cc1ccc(C)c(OCCCCC(=O)NC2CCNCC2)c1.Cl. The number of carbonyl (C=O) groups is 1.